The maximum absolute atomic E-state index is 13.4. The Morgan fingerprint density at radius 3 is 2.59 bits per heavy atom. The molecule has 0 aliphatic rings. The van der Waals surface area contributed by atoms with Crippen LogP contribution in [-0.4, -0.2) is 24.2 Å². The van der Waals surface area contributed by atoms with E-state index in [0.29, 0.717) is 34.5 Å². The molecule has 0 saturated carbocycles. The van der Waals surface area contributed by atoms with E-state index in [1.54, 1.807) is 13.0 Å². The average molecular weight is 412 g/mol. The van der Waals surface area contributed by atoms with Crippen molar-refractivity contribution in [2.24, 2.45) is 7.05 Å². The third-order valence-electron chi connectivity index (χ3n) is 4.88. The second kappa shape index (κ2) is 6.73. The predicted molar refractivity (Wildman–Crippen MR) is 112 cm³/mol. The van der Waals surface area contributed by atoms with Crippen LogP contribution in [0.3, 0.4) is 0 Å². The van der Waals surface area contributed by atoms with Crippen LogP contribution >= 0.6 is 0 Å². The minimum absolute atomic E-state index is 0.167. The first-order chi connectivity index (χ1) is 13.7. The van der Waals surface area contributed by atoms with E-state index in [4.69, 9.17) is 8.60 Å². The Kier molecular flexibility index (Phi) is 4.46. The Bertz CT molecular complexity index is 1430. The van der Waals surface area contributed by atoms with Crippen LogP contribution in [0.5, 0.6) is 5.75 Å². The molecule has 0 radical (unpaired) electrons. The Morgan fingerprint density at radius 2 is 1.93 bits per heavy atom. The number of hydrogen-bond acceptors (Lipinski definition) is 6. The molecule has 0 bridgehead atoms. The quantitative estimate of drug-likeness (QED) is 0.476. The van der Waals surface area contributed by atoms with Gasteiger partial charge in [-0.1, -0.05) is 19.1 Å². The second-order valence-electron chi connectivity index (χ2n) is 6.94. The molecule has 0 N–H and O–H groups in total. The standard InChI is InChI=1S/C21H20N2O5S/c1-5-13-10-14-18(11-17(13)28-29(4,25)26)27-12(2)19(20(14)24)21-22-15-8-6-7-9-16(15)23(21)3/h6-11H,5H2,1-4H3. The zero-order valence-corrected chi connectivity index (χ0v) is 17.3. The molecule has 2 aromatic heterocycles. The van der Waals surface area contributed by atoms with Crippen LogP contribution < -0.4 is 9.61 Å². The molecule has 7 nitrogen and oxygen atoms in total. The molecule has 0 unspecified atom stereocenters. The van der Waals surface area contributed by atoms with E-state index in [1.165, 1.54) is 6.07 Å². The number of para-hydroxylation sites is 2. The number of aromatic nitrogens is 2. The molecule has 0 atom stereocenters. The van der Waals surface area contributed by atoms with Crippen LogP contribution in [0.1, 0.15) is 18.2 Å². The summed E-state index contributed by atoms with van der Waals surface area (Å²) in [7, 11) is -1.85. The number of aryl methyl sites for hydroxylation is 3. The third-order valence-corrected chi connectivity index (χ3v) is 5.36. The fraction of sp³-hybridized carbons (Fsp3) is 0.238. The molecule has 4 aromatic rings. The van der Waals surface area contributed by atoms with E-state index in [-0.39, 0.29) is 16.8 Å². The number of rotatable bonds is 4. The van der Waals surface area contributed by atoms with E-state index in [0.717, 1.165) is 17.3 Å². The van der Waals surface area contributed by atoms with Crippen LogP contribution in [-0.2, 0) is 23.6 Å². The summed E-state index contributed by atoms with van der Waals surface area (Å²) in [5.74, 6) is 1.09. The molecule has 4 rings (SSSR count). The molecule has 2 heterocycles. The molecular formula is C21H20N2O5S. The zero-order valence-electron chi connectivity index (χ0n) is 16.5. The maximum Gasteiger partial charge on any atom is 0.306 e. The van der Waals surface area contributed by atoms with Gasteiger partial charge in [0.25, 0.3) is 0 Å². The topological polar surface area (TPSA) is 91.4 Å². The first kappa shape index (κ1) is 19.2. The van der Waals surface area contributed by atoms with Gasteiger partial charge in [0, 0.05) is 13.1 Å². The summed E-state index contributed by atoms with van der Waals surface area (Å²) in [5, 5.41) is 0.357. The van der Waals surface area contributed by atoms with Crippen LogP contribution in [0.4, 0.5) is 0 Å². The molecule has 0 aliphatic heterocycles. The summed E-state index contributed by atoms with van der Waals surface area (Å²) in [6.07, 6.45) is 1.47. The molecule has 0 amide bonds. The lowest BCUT2D eigenvalue weighted by Crippen LogP contribution is -2.12. The highest BCUT2D eigenvalue weighted by atomic mass is 32.2. The number of fused-ring (bicyclic) bond motifs is 2. The Hall–Kier alpha value is -3.13. The summed E-state index contributed by atoms with van der Waals surface area (Å²) >= 11 is 0. The molecule has 29 heavy (non-hydrogen) atoms. The van der Waals surface area contributed by atoms with Crippen molar-refractivity contribution in [2.75, 3.05) is 6.26 Å². The van der Waals surface area contributed by atoms with Crippen molar-refractivity contribution < 1.29 is 17.0 Å². The molecule has 2 aromatic carbocycles. The van der Waals surface area contributed by atoms with Gasteiger partial charge in [-0.3, -0.25) is 4.79 Å². The maximum atomic E-state index is 13.4. The van der Waals surface area contributed by atoms with Gasteiger partial charge in [-0.15, -0.1) is 0 Å². The van der Waals surface area contributed by atoms with Crippen molar-refractivity contribution in [3.63, 3.8) is 0 Å². The number of imidazole rings is 1. The number of benzene rings is 2. The molecule has 150 valence electrons. The lowest BCUT2D eigenvalue weighted by atomic mass is 10.1. The van der Waals surface area contributed by atoms with Crippen LogP contribution in [0.25, 0.3) is 33.4 Å². The van der Waals surface area contributed by atoms with Gasteiger partial charge in [0.15, 0.2) is 0 Å². The monoisotopic (exact) mass is 412 g/mol. The van der Waals surface area contributed by atoms with Crippen molar-refractivity contribution in [3.05, 3.63) is 57.9 Å². The summed E-state index contributed by atoms with van der Waals surface area (Å²) in [5.41, 5.74) is 2.74. The lowest BCUT2D eigenvalue weighted by molar-refractivity contribution is 0.489. The Labute approximate surface area is 167 Å². The van der Waals surface area contributed by atoms with Crippen molar-refractivity contribution >= 4 is 32.1 Å². The number of nitrogens with zero attached hydrogens (tertiary/aromatic N) is 2. The molecule has 0 fully saturated rings. The lowest BCUT2D eigenvalue weighted by Gasteiger charge is -2.11. The van der Waals surface area contributed by atoms with Gasteiger partial charge in [0.05, 0.1) is 22.7 Å². The summed E-state index contributed by atoms with van der Waals surface area (Å²) in [6, 6.07) is 10.7. The largest absolute Gasteiger partial charge is 0.460 e. The normalized spacial score (nSPS) is 12.0. The molecule has 0 spiro atoms. The SMILES string of the molecule is CCc1cc2c(=O)c(-c3nc4ccccc4n3C)c(C)oc2cc1OS(C)(=O)=O. The Morgan fingerprint density at radius 1 is 1.21 bits per heavy atom. The molecule has 0 aliphatic carbocycles. The van der Waals surface area contributed by atoms with Gasteiger partial charge in [-0.2, -0.15) is 8.42 Å². The van der Waals surface area contributed by atoms with Gasteiger partial charge in [0.1, 0.15) is 28.5 Å². The van der Waals surface area contributed by atoms with Gasteiger partial charge in [-0.05, 0) is 37.1 Å². The van der Waals surface area contributed by atoms with Crippen LogP contribution in [0.15, 0.2) is 45.6 Å². The van der Waals surface area contributed by atoms with Crippen LogP contribution in [0.2, 0.25) is 0 Å². The minimum atomic E-state index is -3.70. The smallest absolute Gasteiger partial charge is 0.306 e. The first-order valence-electron chi connectivity index (χ1n) is 9.11. The molecular weight excluding hydrogens is 392 g/mol. The number of hydrogen-bond donors (Lipinski definition) is 0. The van der Waals surface area contributed by atoms with E-state index < -0.39 is 10.1 Å². The summed E-state index contributed by atoms with van der Waals surface area (Å²) in [6.45, 7) is 3.55. The van der Waals surface area contributed by atoms with Crippen molar-refractivity contribution in [2.45, 2.75) is 20.3 Å². The van der Waals surface area contributed by atoms with E-state index >= 15 is 0 Å². The van der Waals surface area contributed by atoms with Crippen molar-refractivity contribution in [1.82, 2.24) is 9.55 Å². The van der Waals surface area contributed by atoms with Crippen molar-refractivity contribution in [3.8, 4) is 17.1 Å². The highest BCUT2D eigenvalue weighted by molar-refractivity contribution is 7.86. The second-order valence-corrected chi connectivity index (χ2v) is 8.52. The Balaban J connectivity index is 2.01. The fourth-order valence-electron chi connectivity index (χ4n) is 3.52. The fourth-order valence-corrected chi connectivity index (χ4v) is 4.00. The molecule has 8 heteroatoms. The average Bonchev–Trinajstić information content (AvgIpc) is 2.97. The first-order valence-corrected chi connectivity index (χ1v) is 10.9. The third kappa shape index (κ3) is 3.29. The van der Waals surface area contributed by atoms with Crippen LogP contribution in [0, 0.1) is 6.92 Å². The summed E-state index contributed by atoms with van der Waals surface area (Å²) < 4.78 is 36.0. The van der Waals surface area contributed by atoms with Gasteiger partial charge >= 0.3 is 10.1 Å². The molecule has 0 saturated heterocycles. The highest BCUT2D eigenvalue weighted by Crippen LogP contribution is 2.30. The summed E-state index contributed by atoms with van der Waals surface area (Å²) in [4.78, 5) is 18.0. The van der Waals surface area contributed by atoms with Gasteiger partial charge < -0.3 is 13.2 Å². The minimum Gasteiger partial charge on any atom is -0.460 e. The van der Waals surface area contributed by atoms with E-state index in [1.807, 2.05) is 42.8 Å². The zero-order chi connectivity index (χ0) is 20.9. The van der Waals surface area contributed by atoms with E-state index in [9.17, 15) is 13.2 Å². The van der Waals surface area contributed by atoms with Gasteiger partial charge in [0.2, 0.25) is 5.43 Å². The highest BCUT2D eigenvalue weighted by Gasteiger charge is 2.21. The predicted octanol–water partition coefficient (Wildman–Crippen LogP) is 3.56. The van der Waals surface area contributed by atoms with Crippen molar-refractivity contribution in [1.29, 1.82) is 0 Å². The van der Waals surface area contributed by atoms with E-state index in [2.05, 4.69) is 4.98 Å². The van der Waals surface area contributed by atoms with Gasteiger partial charge in [-0.25, -0.2) is 4.98 Å².